The molecule has 198 valence electrons. The number of methoxy groups -OCH3 is 1. The molecule has 0 unspecified atom stereocenters. The number of hydrogen-bond donors (Lipinski definition) is 2. The molecule has 3 aromatic heterocycles. The summed E-state index contributed by atoms with van der Waals surface area (Å²) in [6.07, 6.45) is 4.86. The maximum atomic E-state index is 13.5. The highest BCUT2D eigenvalue weighted by atomic mass is 19.1. The van der Waals surface area contributed by atoms with Crippen LogP contribution in [0.3, 0.4) is 0 Å². The van der Waals surface area contributed by atoms with Gasteiger partial charge >= 0.3 is 6.03 Å². The Labute approximate surface area is 220 Å². The van der Waals surface area contributed by atoms with E-state index in [1.54, 1.807) is 28.7 Å². The van der Waals surface area contributed by atoms with Gasteiger partial charge in [-0.1, -0.05) is 18.2 Å². The number of carbonyl (C=O) groups is 1. The molecule has 5 rings (SSSR count). The van der Waals surface area contributed by atoms with Gasteiger partial charge in [0.15, 0.2) is 0 Å². The van der Waals surface area contributed by atoms with Crippen LogP contribution in [0.1, 0.15) is 17.2 Å². The van der Waals surface area contributed by atoms with Gasteiger partial charge < -0.3 is 10.1 Å². The third kappa shape index (κ3) is 5.43. The highest BCUT2D eigenvalue weighted by Gasteiger charge is 2.36. The summed E-state index contributed by atoms with van der Waals surface area (Å²) in [5.74, 6) is 0.0850. The van der Waals surface area contributed by atoms with Crippen molar-refractivity contribution in [2.75, 3.05) is 38.7 Å². The Morgan fingerprint density at radius 1 is 1.16 bits per heavy atom. The predicted octanol–water partition coefficient (Wildman–Crippen LogP) is 3.35. The molecule has 4 heterocycles. The van der Waals surface area contributed by atoms with Crippen LogP contribution in [0.2, 0.25) is 0 Å². The molecule has 10 nitrogen and oxygen atoms in total. The van der Waals surface area contributed by atoms with Gasteiger partial charge in [0, 0.05) is 62.7 Å². The van der Waals surface area contributed by atoms with Gasteiger partial charge in [-0.25, -0.2) is 13.9 Å². The Bertz CT molecular complexity index is 1390. The van der Waals surface area contributed by atoms with Gasteiger partial charge in [0.1, 0.15) is 17.3 Å². The van der Waals surface area contributed by atoms with Crippen LogP contribution in [0.4, 0.5) is 15.0 Å². The summed E-state index contributed by atoms with van der Waals surface area (Å²) in [7, 11) is 3.51. The van der Waals surface area contributed by atoms with Crippen LogP contribution in [-0.4, -0.2) is 74.9 Å². The quantitative estimate of drug-likeness (QED) is 0.371. The Morgan fingerprint density at radius 3 is 2.66 bits per heavy atom. The maximum absolute atomic E-state index is 13.5. The van der Waals surface area contributed by atoms with Gasteiger partial charge in [-0.15, -0.1) is 0 Å². The lowest BCUT2D eigenvalue weighted by Gasteiger charge is -2.20. The first-order valence-electron chi connectivity index (χ1n) is 12.5. The number of urea groups is 1. The third-order valence-electron chi connectivity index (χ3n) is 6.79. The molecule has 0 spiro atoms. The van der Waals surface area contributed by atoms with Crippen LogP contribution < -0.4 is 10.6 Å². The lowest BCUT2D eigenvalue weighted by atomic mass is 9.99. The highest BCUT2D eigenvalue weighted by molar-refractivity contribution is 5.91. The molecule has 1 saturated heterocycles. The standard InChI is InChI=1S/C27H31FN8O2/c1-18-25(19-13-30-34(2)15-19)33-36(21-7-5-4-6-8-21)26(18)32-27(37)31-24-17-35(11-12-38-3)16-22(24)23-10-9-20(28)14-29-23/h4-10,13-15,22,24H,11-12,16-17H2,1-3H3,(H2,31,32,37)/t22-,24+/m0/s1. The molecule has 2 N–H and O–H groups in total. The molecule has 0 bridgehead atoms. The summed E-state index contributed by atoms with van der Waals surface area (Å²) < 4.78 is 22.2. The molecular weight excluding hydrogens is 487 g/mol. The topological polar surface area (TPSA) is 102 Å². The summed E-state index contributed by atoms with van der Waals surface area (Å²) >= 11 is 0. The minimum absolute atomic E-state index is 0.0932. The van der Waals surface area contributed by atoms with E-state index in [0.717, 1.165) is 34.7 Å². The molecule has 11 heteroatoms. The number of likely N-dealkylation sites (tertiary alicyclic amines) is 1. The minimum Gasteiger partial charge on any atom is -0.383 e. The van der Waals surface area contributed by atoms with E-state index in [4.69, 9.17) is 9.84 Å². The van der Waals surface area contributed by atoms with E-state index in [2.05, 4.69) is 25.6 Å². The molecule has 2 amide bonds. The molecule has 1 aliphatic heterocycles. The average Bonchev–Trinajstić information content (AvgIpc) is 3.61. The van der Waals surface area contributed by atoms with Crippen LogP contribution >= 0.6 is 0 Å². The van der Waals surface area contributed by atoms with Gasteiger partial charge in [-0.2, -0.15) is 10.2 Å². The first-order valence-corrected chi connectivity index (χ1v) is 12.5. The number of rotatable bonds is 8. The Morgan fingerprint density at radius 2 is 1.97 bits per heavy atom. The van der Waals surface area contributed by atoms with E-state index in [0.29, 0.717) is 25.5 Å². The molecule has 0 saturated carbocycles. The van der Waals surface area contributed by atoms with E-state index in [1.807, 2.05) is 50.5 Å². The van der Waals surface area contributed by atoms with Crippen LogP contribution in [0.15, 0.2) is 61.1 Å². The fraction of sp³-hybridized carbons (Fsp3) is 0.333. The van der Waals surface area contributed by atoms with E-state index in [1.165, 1.54) is 12.3 Å². The zero-order valence-electron chi connectivity index (χ0n) is 21.6. The molecule has 1 fully saturated rings. The summed E-state index contributed by atoms with van der Waals surface area (Å²) in [4.78, 5) is 19.9. The number of hydrogen-bond acceptors (Lipinski definition) is 6. The second-order valence-electron chi connectivity index (χ2n) is 9.44. The van der Waals surface area contributed by atoms with Crippen LogP contribution in [0.5, 0.6) is 0 Å². The molecular formula is C27H31FN8O2. The van der Waals surface area contributed by atoms with Gasteiger partial charge in [-0.05, 0) is 31.2 Å². The molecule has 1 aromatic carbocycles. The van der Waals surface area contributed by atoms with Gasteiger partial charge in [-0.3, -0.25) is 19.9 Å². The Kier molecular flexibility index (Phi) is 7.47. The minimum atomic E-state index is -0.390. The SMILES string of the molecule is COCCN1C[C@@H](NC(=O)Nc2c(C)c(-c3cnn(C)c3)nn2-c2ccccc2)[C@H](c2ccc(F)cn2)C1. The molecule has 0 aliphatic carbocycles. The fourth-order valence-corrected chi connectivity index (χ4v) is 4.87. The first kappa shape index (κ1) is 25.6. The van der Waals surface area contributed by atoms with Crippen LogP contribution in [-0.2, 0) is 11.8 Å². The lowest BCUT2D eigenvalue weighted by Crippen LogP contribution is -2.42. The van der Waals surface area contributed by atoms with Gasteiger partial charge in [0.05, 0.1) is 30.7 Å². The van der Waals surface area contributed by atoms with Crippen molar-refractivity contribution < 1.29 is 13.9 Å². The van der Waals surface area contributed by atoms with E-state index < -0.39 is 0 Å². The van der Waals surface area contributed by atoms with Crippen molar-refractivity contribution >= 4 is 11.8 Å². The first-order chi connectivity index (χ1) is 18.4. The largest absolute Gasteiger partial charge is 0.383 e. The number of ether oxygens (including phenoxy) is 1. The van der Waals surface area contributed by atoms with Crippen LogP contribution in [0.25, 0.3) is 16.9 Å². The smallest absolute Gasteiger partial charge is 0.320 e. The van der Waals surface area contributed by atoms with E-state index in [9.17, 15) is 9.18 Å². The summed E-state index contributed by atoms with van der Waals surface area (Å²) in [6, 6.07) is 12.2. The molecule has 1 aliphatic rings. The number of halogens is 1. The number of pyridine rings is 1. The maximum Gasteiger partial charge on any atom is 0.320 e. The lowest BCUT2D eigenvalue weighted by molar-refractivity contribution is 0.159. The Hall–Kier alpha value is -4.09. The highest BCUT2D eigenvalue weighted by Crippen LogP contribution is 2.31. The Balaban J connectivity index is 1.41. The summed E-state index contributed by atoms with van der Waals surface area (Å²) in [5, 5.41) is 15.3. The fourth-order valence-electron chi connectivity index (χ4n) is 4.87. The van der Waals surface area contributed by atoms with E-state index >= 15 is 0 Å². The number of amides is 2. The molecule has 0 radical (unpaired) electrons. The van der Waals surface area contributed by atoms with Crippen molar-refractivity contribution in [1.82, 2.24) is 34.8 Å². The van der Waals surface area contributed by atoms with Crippen molar-refractivity contribution in [3.8, 4) is 16.9 Å². The molecule has 4 aromatic rings. The summed E-state index contributed by atoms with van der Waals surface area (Å²) in [5.41, 5.74) is 3.97. The summed E-state index contributed by atoms with van der Waals surface area (Å²) in [6.45, 7) is 4.53. The number of nitrogens with zero attached hydrogens (tertiary/aromatic N) is 6. The number of anilines is 1. The monoisotopic (exact) mass is 518 g/mol. The number of carbonyl (C=O) groups excluding carboxylic acids is 1. The van der Waals surface area contributed by atoms with Gasteiger partial charge in [0.25, 0.3) is 0 Å². The predicted molar refractivity (Wildman–Crippen MR) is 142 cm³/mol. The molecule has 2 atom stereocenters. The van der Waals surface area contributed by atoms with Gasteiger partial charge in [0.2, 0.25) is 0 Å². The second kappa shape index (κ2) is 11.1. The third-order valence-corrected chi connectivity index (χ3v) is 6.79. The number of benzene rings is 1. The second-order valence-corrected chi connectivity index (χ2v) is 9.44. The number of para-hydroxylation sites is 1. The normalized spacial score (nSPS) is 17.6. The van der Waals surface area contributed by atoms with Crippen molar-refractivity contribution in [2.24, 2.45) is 7.05 Å². The number of aromatic nitrogens is 5. The molecule has 38 heavy (non-hydrogen) atoms. The van der Waals surface area contributed by atoms with E-state index in [-0.39, 0.29) is 23.8 Å². The average molecular weight is 519 g/mol. The van der Waals surface area contributed by atoms with Crippen molar-refractivity contribution in [3.05, 3.63) is 78.1 Å². The van der Waals surface area contributed by atoms with Crippen molar-refractivity contribution in [3.63, 3.8) is 0 Å². The van der Waals surface area contributed by atoms with Crippen molar-refractivity contribution in [2.45, 2.75) is 18.9 Å². The zero-order chi connectivity index (χ0) is 26.6. The number of nitrogens with one attached hydrogen (secondary N) is 2. The number of aryl methyl sites for hydroxylation is 1. The van der Waals surface area contributed by atoms with Crippen LogP contribution in [0, 0.1) is 12.7 Å². The van der Waals surface area contributed by atoms with Crippen molar-refractivity contribution in [1.29, 1.82) is 0 Å². The zero-order valence-corrected chi connectivity index (χ0v) is 21.6.